The van der Waals surface area contributed by atoms with Gasteiger partial charge >= 0.3 is 6.18 Å². The number of anilines is 1. The largest absolute Gasteiger partial charge is 0.497 e. The molecule has 2 rings (SSSR count). The van der Waals surface area contributed by atoms with E-state index >= 15 is 0 Å². The molecule has 0 bridgehead atoms. The first kappa shape index (κ1) is 14.0. The monoisotopic (exact) mass is 283 g/mol. The van der Waals surface area contributed by atoms with Crippen LogP contribution in [0.15, 0.2) is 42.5 Å². The van der Waals surface area contributed by atoms with Crippen LogP contribution >= 0.6 is 0 Å². The van der Waals surface area contributed by atoms with Crippen LogP contribution in [0.3, 0.4) is 0 Å². The second-order valence-electron chi connectivity index (χ2n) is 4.00. The topological polar surface area (TPSA) is 44.5 Å². The second kappa shape index (κ2) is 5.32. The van der Waals surface area contributed by atoms with Crippen molar-refractivity contribution in [3.05, 3.63) is 48.0 Å². The smallest absolute Gasteiger partial charge is 0.419 e. The highest BCUT2D eigenvalue weighted by Gasteiger charge is 2.34. The zero-order valence-corrected chi connectivity index (χ0v) is 10.6. The minimum Gasteiger partial charge on any atom is -0.497 e. The van der Waals surface area contributed by atoms with Gasteiger partial charge in [-0.1, -0.05) is 12.1 Å². The molecule has 0 aromatic heterocycles. The van der Waals surface area contributed by atoms with Gasteiger partial charge in [-0.05, 0) is 24.3 Å². The van der Waals surface area contributed by atoms with E-state index in [1.54, 1.807) is 6.07 Å². The molecule has 3 nitrogen and oxygen atoms in total. The SMILES string of the molecule is COc1ccc(Oc2ccccc2C(F)(F)F)c(N)c1. The van der Waals surface area contributed by atoms with E-state index in [-0.39, 0.29) is 17.2 Å². The fraction of sp³-hybridized carbons (Fsp3) is 0.143. The fourth-order valence-corrected chi connectivity index (χ4v) is 1.65. The van der Waals surface area contributed by atoms with Gasteiger partial charge in [-0.3, -0.25) is 0 Å². The maximum absolute atomic E-state index is 12.8. The number of benzene rings is 2. The van der Waals surface area contributed by atoms with Gasteiger partial charge in [0, 0.05) is 6.07 Å². The van der Waals surface area contributed by atoms with Gasteiger partial charge in [0.05, 0.1) is 18.4 Å². The van der Waals surface area contributed by atoms with Gasteiger partial charge in [0.15, 0.2) is 5.75 Å². The molecule has 0 aliphatic rings. The van der Waals surface area contributed by atoms with Crippen LogP contribution in [-0.4, -0.2) is 7.11 Å². The predicted molar refractivity (Wildman–Crippen MR) is 68.9 cm³/mol. The average molecular weight is 283 g/mol. The Hall–Kier alpha value is -2.37. The average Bonchev–Trinajstić information content (AvgIpc) is 2.40. The molecule has 0 aliphatic heterocycles. The lowest BCUT2D eigenvalue weighted by molar-refractivity contribution is -0.138. The van der Waals surface area contributed by atoms with Gasteiger partial charge in [0.1, 0.15) is 11.5 Å². The van der Waals surface area contributed by atoms with E-state index < -0.39 is 11.7 Å². The lowest BCUT2D eigenvalue weighted by atomic mass is 10.2. The number of methoxy groups -OCH3 is 1. The Morgan fingerprint density at radius 2 is 1.70 bits per heavy atom. The first-order valence-electron chi connectivity index (χ1n) is 5.69. The van der Waals surface area contributed by atoms with Crippen molar-refractivity contribution in [3.8, 4) is 17.2 Å². The quantitative estimate of drug-likeness (QED) is 0.863. The molecule has 0 amide bonds. The van der Waals surface area contributed by atoms with Crippen molar-refractivity contribution in [2.45, 2.75) is 6.18 Å². The summed E-state index contributed by atoms with van der Waals surface area (Å²) in [6, 6.07) is 9.45. The van der Waals surface area contributed by atoms with E-state index in [1.165, 1.54) is 37.4 Å². The molecule has 0 atom stereocenters. The zero-order valence-electron chi connectivity index (χ0n) is 10.6. The van der Waals surface area contributed by atoms with Gasteiger partial charge < -0.3 is 15.2 Å². The van der Waals surface area contributed by atoms with Crippen molar-refractivity contribution < 1.29 is 22.6 Å². The van der Waals surface area contributed by atoms with E-state index in [2.05, 4.69) is 0 Å². The van der Waals surface area contributed by atoms with E-state index in [4.69, 9.17) is 15.2 Å². The van der Waals surface area contributed by atoms with E-state index in [0.717, 1.165) is 6.07 Å². The predicted octanol–water partition coefficient (Wildman–Crippen LogP) is 4.09. The summed E-state index contributed by atoms with van der Waals surface area (Å²) in [5.41, 5.74) is 5.06. The molecule has 0 fully saturated rings. The number of ether oxygens (including phenoxy) is 2. The minimum atomic E-state index is -4.49. The third-order valence-corrected chi connectivity index (χ3v) is 2.63. The molecule has 0 radical (unpaired) electrons. The first-order chi connectivity index (χ1) is 9.41. The standard InChI is InChI=1S/C14H12F3NO2/c1-19-9-6-7-13(11(18)8-9)20-12-5-3-2-4-10(12)14(15,16)17/h2-8H,18H2,1H3. The van der Waals surface area contributed by atoms with Crippen molar-refractivity contribution in [1.82, 2.24) is 0 Å². The van der Waals surface area contributed by atoms with Crippen LogP contribution in [0.4, 0.5) is 18.9 Å². The second-order valence-corrected chi connectivity index (χ2v) is 4.00. The first-order valence-corrected chi connectivity index (χ1v) is 5.69. The van der Waals surface area contributed by atoms with Gasteiger partial charge in [-0.25, -0.2) is 0 Å². The Balaban J connectivity index is 2.36. The van der Waals surface area contributed by atoms with Crippen LogP contribution < -0.4 is 15.2 Å². The Labute approximate surface area is 113 Å². The lowest BCUT2D eigenvalue weighted by Crippen LogP contribution is -2.07. The van der Waals surface area contributed by atoms with E-state index in [0.29, 0.717) is 5.75 Å². The Kier molecular flexibility index (Phi) is 3.74. The molecule has 0 saturated heterocycles. The number of alkyl halides is 3. The highest BCUT2D eigenvalue weighted by molar-refractivity contribution is 5.58. The summed E-state index contributed by atoms with van der Waals surface area (Å²) in [6.07, 6.45) is -4.49. The van der Waals surface area contributed by atoms with Crippen molar-refractivity contribution in [2.24, 2.45) is 0 Å². The number of nitrogen functional groups attached to an aromatic ring is 1. The third kappa shape index (κ3) is 2.96. The zero-order chi connectivity index (χ0) is 14.8. The van der Waals surface area contributed by atoms with Gasteiger partial charge in [0.2, 0.25) is 0 Å². The van der Waals surface area contributed by atoms with Gasteiger partial charge in [-0.15, -0.1) is 0 Å². The van der Waals surface area contributed by atoms with Crippen molar-refractivity contribution in [1.29, 1.82) is 0 Å². The molecule has 2 N–H and O–H groups in total. The Morgan fingerprint density at radius 3 is 2.30 bits per heavy atom. The summed E-state index contributed by atoms with van der Waals surface area (Å²) >= 11 is 0. The van der Waals surface area contributed by atoms with Crippen molar-refractivity contribution in [2.75, 3.05) is 12.8 Å². The Morgan fingerprint density at radius 1 is 1.00 bits per heavy atom. The summed E-state index contributed by atoms with van der Waals surface area (Å²) < 4.78 is 48.7. The molecule has 0 saturated carbocycles. The minimum absolute atomic E-state index is 0.141. The van der Waals surface area contributed by atoms with Crippen LogP contribution in [0, 0.1) is 0 Å². The number of para-hydroxylation sites is 1. The molecular weight excluding hydrogens is 271 g/mol. The summed E-state index contributed by atoms with van der Waals surface area (Å²) in [5, 5.41) is 0. The van der Waals surface area contributed by atoms with E-state index in [1.807, 2.05) is 0 Å². The molecule has 0 spiro atoms. The molecule has 0 unspecified atom stereocenters. The number of nitrogens with two attached hydrogens (primary N) is 1. The number of hydrogen-bond acceptors (Lipinski definition) is 3. The molecule has 106 valence electrons. The van der Waals surface area contributed by atoms with Gasteiger partial charge in [-0.2, -0.15) is 13.2 Å². The fourth-order valence-electron chi connectivity index (χ4n) is 1.65. The van der Waals surface area contributed by atoms with Crippen molar-refractivity contribution in [3.63, 3.8) is 0 Å². The van der Waals surface area contributed by atoms with Gasteiger partial charge in [0.25, 0.3) is 0 Å². The molecule has 2 aromatic carbocycles. The molecule has 20 heavy (non-hydrogen) atoms. The highest BCUT2D eigenvalue weighted by Crippen LogP contribution is 2.39. The summed E-state index contributed by atoms with van der Waals surface area (Å²) in [7, 11) is 1.47. The van der Waals surface area contributed by atoms with Crippen LogP contribution in [0.1, 0.15) is 5.56 Å². The van der Waals surface area contributed by atoms with Crippen molar-refractivity contribution >= 4 is 5.69 Å². The van der Waals surface area contributed by atoms with Crippen LogP contribution in [0.5, 0.6) is 17.2 Å². The van der Waals surface area contributed by atoms with Crippen LogP contribution in [-0.2, 0) is 6.18 Å². The molecular formula is C14H12F3NO2. The number of hydrogen-bond donors (Lipinski definition) is 1. The van der Waals surface area contributed by atoms with Crippen LogP contribution in [0.2, 0.25) is 0 Å². The maximum atomic E-state index is 12.8. The van der Waals surface area contributed by atoms with Crippen LogP contribution in [0.25, 0.3) is 0 Å². The normalized spacial score (nSPS) is 11.2. The summed E-state index contributed by atoms with van der Waals surface area (Å²) in [4.78, 5) is 0. The molecule has 0 heterocycles. The Bertz CT molecular complexity index is 612. The molecule has 2 aromatic rings. The summed E-state index contributed by atoms with van der Waals surface area (Å²) in [6.45, 7) is 0. The third-order valence-electron chi connectivity index (χ3n) is 2.63. The molecule has 6 heteroatoms. The maximum Gasteiger partial charge on any atom is 0.419 e. The van der Waals surface area contributed by atoms with E-state index in [9.17, 15) is 13.2 Å². The number of halogens is 3. The molecule has 0 aliphatic carbocycles. The summed E-state index contributed by atoms with van der Waals surface area (Å²) in [5.74, 6) is 0.346. The highest BCUT2D eigenvalue weighted by atomic mass is 19.4. The number of rotatable bonds is 3. The lowest BCUT2D eigenvalue weighted by Gasteiger charge is -2.14.